The number of carbonyl (C=O) groups is 1. The van der Waals surface area contributed by atoms with E-state index in [-0.39, 0.29) is 5.76 Å². The van der Waals surface area contributed by atoms with Crippen LogP contribution in [0.15, 0.2) is 16.5 Å². The Hall–Kier alpha value is -1.29. The molecular weight excluding hydrogens is 230 g/mol. The molecule has 4 nitrogen and oxygen atoms in total. The molecule has 0 aliphatic rings. The Labute approximate surface area is 108 Å². The van der Waals surface area contributed by atoms with Crippen LogP contribution in [0.1, 0.15) is 55.8 Å². The quantitative estimate of drug-likeness (QED) is 0.723. The van der Waals surface area contributed by atoms with Crippen LogP contribution in [0.2, 0.25) is 0 Å². The third kappa shape index (κ3) is 4.53. The van der Waals surface area contributed by atoms with E-state index in [0.29, 0.717) is 24.8 Å². The van der Waals surface area contributed by atoms with Crippen LogP contribution in [-0.4, -0.2) is 12.6 Å². The smallest absolute Gasteiger partial charge is 0.374 e. The molecule has 0 aliphatic heterocycles. The molecule has 0 radical (unpaired) electrons. The molecule has 0 aliphatic carbocycles. The van der Waals surface area contributed by atoms with E-state index in [2.05, 4.69) is 13.8 Å². The van der Waals surface area contributed by atoms with Crippen molar-refractivity contribution in [2.24, 2.45) is 11.7 Å². The Morgan fingerprint density at radius 2 is 2.22 bits per heavy atom. The van der Waals surface area contributed by atoms with Crippen molar-refractivity contribution in [3.63, 3.8) is 0 Å². The summed E-state index contributed by atoms with van der Waals surface area (Å²) in [5.74, 6) is 0.878. The number of hydrogen-bond donors (Lipinski definition) is 1. The van der Waals surface area contributed by atoms with Gasteiger partial charge in [-0.3, -0.25) is 0 Å². The highest BCUT2D eigenvalue weighted by Gasteiger charge is 2.14. The normalized spacial score (nSPS) is 12.4. The highest BCUT2D eigenvalue weighted by atomic mass is 16.5. The van der Waals surface area contributed by atoms with Gasteiger partial charge in [-0.2, -0.15) is 0 Å². The largest absolute Gasteiger partial charge is 0.460 e. The number of esters is 1. The van der Waals surface area contributed by atoms with Crippen molar-refractivity contribution in [2.45, 2.75) is 46.1 Å². The molecule has 0 aromatic carbocycles. The second-order valence-corrected chi connectivity index (χ2v) is 4.49. The summed E-state index contributed by atoms with van der Waals surface area (Å²) in [7, 11) is 0. The van der Waals surface area contributed by atoms with Crippen LogP contribution >= 0.6 is 0 Å². The topological polar surface area (TPSA) is 65.5 Å². The highest BCUT2D eigenvalue weighted by Crippen LogP contribution is 2.15. The maximum atomic E-state index is 11.7. The fourth-order valence-electron chi connectivity index (χ4n) is 1.76. The molecule has 0 saturated heterocycles. The van der Waals surface area contributed by atoms with Gasteiger partial charge < -0.3 is 14.9 Å². The minimum Gasteiger partial charge on any atom is -0.460 e. The van der Waals surface area contributed by atoms with Crippen LogP contribution in [-0.2, 0) is 11.3 Å². The Balaban J connectivity index is 2.39. The molecule has 18 heavy (non-hydrogen) atoms. The summed E-state index contributed by atoms with van der Waals surface area (Å²) in [5, 5.41) is 0. The lowest BCUT2D eigenvalue weighted by atomic mass is 10.0. The molecule has 4 heteroatoms. The molecule has 1 unspecified atom stereocenters. The van der Waals surface area contributed by atoms with Gasteiger partial charge in [-0.05, 0) is 24.5 Å². The Bertz CT molecular complexity index is 360. The maximum Gasteiger partial charge on any atom is 0.374 e. The Morgan fingerprint density at radius 1 is 1.44 bits per heavy atom. The zero-order valence-electron chi connectivity index (χ0n) is 11.3. The van der Waals surface area contributed by atoms with Gasteiger partial charge in [-0.1, -0.05) is 33.1 Å². The second-order valence-electron chi connectivity index (χ2n) is 4.49. The molecule has 0 fully saturated rings. The van der Waals surface area contributed by atoms with Crippen molar-refractivity contribution >= 4 is 5.97 Å². The summed E-state index contributed by atoms with van der Waals surface area (Å²) in [6.45, 7) is 5.04. The number of carbonyl (C=O) groups excluding carboxylic acids is 1. The van der Waals surface area contributed by atoms with E-state index in [4.69, 9.17) is 14.9 Å². The molecule has 1 aromatic rings. The van der Waals surface area contributed by atoms with Crippen molar-refractivity contribution in [3.05, 3.63) is 23.7 Å². The first kappa shape index (κ1) is 14.8. The monoisotopic (exact) mass is 253 g/mol. The highest BCUT2D eigenvalue weighted by molar-refractivity contribution is 5.86. The van der Waals surface area contributed by atoms with E-state index >= 15 is 0 Å². The van der Waals surface area contributed by atoms with Crippen LogP contribution in [0, 0.1) is 5.92 Å². The molecule has 0 spiro atoms. The minimum atomic E-state index is -0.398. The first-order valence-electron chi connectivity index (χ1n) is 6.67. The Kier molecular flexibility index (Phi) is 6.50. The number of unbranched alkanes of at least 4 members (excludes halogenated alkanes) is 1. The van der Waals surface area contributed by atoms with E-state index in [1.807, 2.05) is 0 Å². The molecule has 0 bridgehead atoms. The lowest BCUT2D eigenvalue weighted by Gasteiger charge is -2.13. The average molecular weight is 253 g/mol. The third-order valence-corrected chi connectivity index (χ3v) is 3.06. The summed E-state index contributed by atoms with van der Waals surface area (Å²) in [4.78, 5) is 11.7. The van der Waals surface area contributed by atoms with Crippen LogP contribution in [0.4, 0.5) is 0 Å². The lowest BCUT2D eigenvalue weighted by Crippen LogP contribution is -2.13. The van der Waals surface area contributed by atoms with Gasteiger partial charge in [0.1, 0.15) is 5.76 Å². The number of furan rings is 1. The first-order valence-corrected chi connectivity index (χ1v) is 6.67. The van der Waals surface area contributed by atoms with E-state index in [0.717, 1.165) is 12.8 Å². The van der Waals surface area contributed by atoms with E-state index in [1.165, 1.54) is 12.8 Å². The molecule has 2 N–H and O–H groups in total. The van der Waals surface area contributed by atoms with Crippen LogP contribution in [0.5, 0.6) is 0 Å². The molecule has 0 saturated carbocycles. The predicted molar refractivity (Wildman–Crippen MR) is 70.2 cm³/mol. The molecule has 1 atom stereocenters. The van der Waals surface area contributed by atoms with Crippen LogP contribution in [0.3, 0.4) is 0 Å². The van der Waals surface area contributed by atoms with Crippen molar-refractivity contribution in [3.8, 4) is 0 Å². The first-order chi connectivity index (χ1) is 8.71. The summed E-state index contributed by atoms with van der Waals surface area (Å²) in [5.41, 5.74) is 5.42. The van der Waals surface area contributed by atoms with Gasteiger partial charge in [-0.15, -0.1) is 0 Å². The summed E-state index contributed by atoms with van der Waals surface area (Å²) >= 11 is 0. The number of hydrogen-bond acceptors (Lipinski definition) is 4. The fourth-order valence-corrected chi connectivity index (χ4v) is 1.76. The van der Waals surface area contributed by atoms with Crippen LogP contribution < -0.4 is 5.73 Å². The predicted octanol–water partition coefficient (Wildman–Crippen LogP) is 3.11. The zero-order valence-corrected chi connectivity index (χ0v) is 11.3. The molecule has 1 rings (SSSR count). The van der Waals surface area contributed by atoms with Crippen LogP contribution in [0.25, 0.3) is 0 Å². The maximum absolute atomic E-state index is 11.7. The Morgan fingerprint density at radius 3 is 2.78 bits per heavy atom. The third-order valence-electron chi connectivity index (χ3n) is 3.06. The zero-order chi connectivity index (χ0) is 13.4. The minimum absolute atomic E-state index is 0.237. The van der Waals surface area contributed by atoms with E-state index in [1.54, 1.807) is 12.1 Å². The molecule has 0 amide bonds. The summed E-state index contributed by atoms with van der Waals surface area (Å²) in [6, 6.07) is 3.31. The number of rotatable bonds is 8. The fraction of sp³-hybridized carbons (Fsp3) is 0.643. The van der Waals surface area contributed by atoms with Crippen molar-refractivity contribution in [2.75, 3.05) is 6.61 Å². The summed E-state index contributed by atoms with van der Waals surface area (Å²) in [6.07, 6.45) is 4.47. The number of nitrogens with two attached hydrogens (primary N) is 1. The van der Waals surface area contributed by atoms with Crippen molar-refractivity contribution in [1.82, 2.24) is 0 Å². The average Bonchev–Trinajstić information content (AvgIpc) is 2.87. The second kappa shape index (κ2) is 7.93. The van der Waals surface area contributed by atoms with E-state index < -0.39 is 5.97 Å². The molecule has 1 heterocycles. The van der Waals surface area contributed by atoms with Crippen molar-refractivity contribution in [1.29, 1.82) is 0 Å². The van der Waals surface area contributed by atoms with Gasteiger partial charge in [0.25, 0.3) is 0 Å². The molecule has 102 valence electrons. The van der Waals surface area contributed by atoms with Crippen molar-refractivity contribution < 1.29 is 13.9 Å². The van der Waals surface area contributed by atoms with Gasteiger partial charge in [-0.25, -0.2) is 4.79 Å². The lowest BCUT2D eigenvalue weighted by molar-refractivity contribution is 0.0390. The standard InChI is InChI=1S/C14H23NO3/c1-3-5-6-11(4-2)10-17-14(16)13-8-7-12(9-15)18-13/h7-8,11H,3-6,9-10,15H2,1-2H3. The van der Waals surface area contributed by atoms with Gasteiger partial charge in [0.15, 0.2) is 0 Å². The summed E-state index contributed by atoms with van der Waals surface area (Å²) < 4.78 is 10.5. The van der Waals surface area contributed by atoms with Gasteiger partial charge in [0, 0.05) is 0 Å². The van der Waals surface area contributed by atoms with E-state index in [9.17, 15) is 4.79 Å². The van der Waals surface area contributed by atoms with Gasteiger partial charge in [0.2, 0.25) is 5.76 Å². The van der Waals surface area contributed by atoms with Gasteiger partial charge in [0.05, 0.1) is 13.2 Å². The SMILES string of the molecule is CCCCC(CC)COC(=O)c1ccc(CN)o1. The molecule has 1 aromatic heterocycles. The number of ether oxygens (including phenoxy) is 1. The van der Waals surface area contributed by atoms with Gasteiger partial charge >= 0.3 is 5.97 Å². The molecular formula is C14H23NO3.